The van der Waals surface area contributed by atoms with Gasteiger partial charge in [-0.2, -0.15) is 0 Å². The molecule has 0 heterocycles. The highest BCUT2D eigenvalue weighted by molar-refractivity contribution is 4.88. The minimum atomic E-state index is 0.810. The van der Waals surface area contributed by atoms with Gasteiger partial charge < -0.3 is 5.32 Å². The molecule has 0 radical (unpaired) electrons. The maximum absolute atomic E-state index is 3.71. The standard InChI is InChI=1S/C18H35N/c1-4-6-15-9-11-16(12-10-15)18(19-3)17-8-5-7-14(2)13-17/h14-19H,4-13H2,1-3H3. The van der Waals surface area contributed by atoms with Crippen molar-refractivity contribution < 1.29 is 0 Å². The van der Waals surface area contributed by atoms with Crippen molar-refractivity contribution in [2.75, 3.05) is 7.05 Å². The molecule has 2 rings (SSSR count). The third-order valence-electron chi connectivity index (χ3n) is 5.91. The molecule has 0 aromatic heterocycles. The molecular weight excluding hydrogens is 230 g/mol. The third kappa shape index (κ3) is 4.21. The predicted octanol–water partition coefficient (Wildman–Crippen LogP) is 5.01. The summed E-state index contributed by atoms with van der Waals surface area (Å²) in [7, 11) is 2.21. The van der Waals surface area contributed by atoms with Crippen LogP contribution in [-0.4, -0.2) is 13.1 Å². The van der Waals surface area contributed by atoms with E-state index in [4.69, 9.17) is 0 Å². The van der Waals surface area contributed by atoms with Crippen LogP contribution >= 0.6 is 0 Å². The Morgan fingerprint density at radius 3 is 2.32 bits per heavy atom. The zero-order valence-electron chi connectivity index (χ0n) is 13.5. The lowest BCUT2D eigenvalue weighted by molar-refractivity contribution is 0.140. The highest BCUT2D eigenvalue weighted by Gasteiger charge is 2.33. The van der Waals surface area contributed by atoms with Crippen LogP contribution < -0.4 is 5.32 Å². The molecule has 2 aliphatic rings. The van der Waals surface area contributed by atoms with Crippen LogP contribution in [0.3, 0.4) is 0 Å². The highest BCUT2D eigenvalue weighted by Crippen LogP contribution is 2.39. The summed E-state index contributed by atoms with van der Waals surface area (Å²) in [4.78, 5) is 0. The van der Waals surface area contributed by atoms with Crippen LogP contribution in [0.5, 0.6) is 0 Å². The summed E-state index contributed by atoms with van der Waals surface area (Å²) in [6, 6.07) is 0.810. The molecule has 0 aromatic rings. The predicted molar refractivity (Wildman–Crippen MR) is 84.3 cm³/mol. The summed E-state index contributed by atoms with van der Waals surface area (Å²) in [5.41, 5.74) is 0. The Balaban J connectivity index is 1.84. The van der Waals surface area contributed by atoms with E-state index in [0.29, 0.717) is 0 Å². The maximum atomic E-state index is 3.71. The monoisotopic (exact) mass is 265 g/mol. The Kier molecular flexibility index (Phi) is 6.19. The van der Waals surface area contributed by atoms with Gasteiger partial charge in [-0.25, -0.2) is 0 Å². The van der Waals surface area contributed by atoms with Gasteiger partial charge in [0.1, 0.15) is 0 Å². The van der Waals surface area contributed by atoms with Crippen LogP contribution in [0.15, 0.2) is 0 Å². The molecule has 0 aromatic carbocycles. The van der Waals surface area contributed by atoms with E-state index in [1.54, 1.807) is 0 Å². The van der Waals surface area contributed by atoms with Crippen molar-refractivity contribution in [3.8, 4) is 0 Å². The lowest BCUT2D eigenvalue weighted by Crippen LogP contribution is -2.43. The van der Waals surface area contributed by atoms with Crippen molar-refractivity contribution in [3.63, 3.8) is 0 Å². The topological polar surface area (TPSA) is 12.0 Å². The Bertz CT molecular complexity index is 242. The van der Waals surface area contributed by atoms with Gasteiger partial charge in [-0.1, -0.05) is 52.4 Å². The summed E-state index contributed by atoms with van der Waals surface area (Å²) in [6.45, 7) is 4.79. The van der Waals surface area contributed by atoms with Crippen molar-refractivity contribution in [2.24, 2.45) is 23.7 Å². The fraction of sp³-hybridized carbons (Fsp3) is 1.00. The Morgan fingerprint density at radius 1 is 1.00 bits per heavy atom. The molecular formula is C18H35N. The van der Waals surface area contributed by atoms with Crippen LogP contribution in [0.4, 0.5) is 0 Å². The van der Waals surface area contributed by atoms with Crippen molar-refractivity contribution in [2.45, 2.75) is 84.1 Å². The Morgan fingerprint density at radius 2 is 1.74 bits per heavy atom. The van der Waals surface area contributed by atoms with Gasteiger partial charge >= 0.3 is 0 Å². The van der Waals surface area contributed by atoms with Gasteiger partial charge in [0.15, 0.2) is 0 Å². The zero-order chi connectivity index (χ0) is 13.7. The molecule has 19 heavy (non-hydrogen) atoms. The molecule has 1 nitrogen and oxygen atoms in total. The van der Waals surface area contributed by atoms with Crippen LogP contribution in [-0.2, 0) is 0 Å². The summed E-state index contributed by atoms with van der Waals surface area (Å²) >= 11 is 0. The molecule has 0 saturated heterocycles. The second-order valence-electron chi connectivity index (χ2n) is 7.42. The quantitative estimate of drug-likeness (QED) is 0.737. The average molecular weight is 265 g/mol. The Labute approximate surface area is 120 Å². The minimum absolute atomic E-state index is 0.810. The number of hydrogen-bond acceptors (Lipinski definition) is 1. The van der Waals surface area contributed by atoms with Crippen LogP contribution in [0, 0.1) is 23.7 Å². The smallest absolute Gasteiger partial charge is 0.0121 e. The second kappa shape index (κ2) is 7.67. The molecule has 0 bridgehead atoms. The first-order valence-corrected chi connectivity index (χ1v) is 8.91. The van der Waals surface area contributed by atoms with E-state index in [1.165, 1.54) is 64.2 Å². The van der Waals surface area contributed by atoms with E-state index in [2.05, 4.69) is 26.2 Å². The van der Waals surface area contributed by atoms with Gasteiger partial charge in [0.25, 0.3) is 0 Å². The minimum Gasteiger partial charge on any atom is -0.316 e. The first-order valence-electron chi connectivity index (χ1n) is 8.91. The summed E-state index contributed by atoms with van der Waals surface area (Å²) in [6.07, 6.45) is 14.7. The van der Waals surface area contributed by atoms with Crippen LogP contribution in [0.2, 0.25) is 0 Å². The molecule has 2 fully saturated rings. The molecule has 2 saturated carbocycles. The van der Waals surface area contributed by atoms with Crippen LogP contribution in [0.1, 0.15) is 78.1 Å². The van der Waals surface area contributed by atoms with Gasteiger partial charge in [-0.3, -0.25) is 0 Å². The van der Waals surface area contributed by atoms with Gasteiger partial charge in [-0.15, -0.1) is 0 Å². The lowest BCUT2D eigenvalue weighted by Gasteiger charge is -2.40. The maximum Gasteiger partial charge on any atom is 0.0121 e. The molecule has 112 valence electrons. The fourth-order valence-corrected chi connectivity index (χ4v) is 4.91. The van der Waals surface area contributed by atoms with E-state index >= 15 is 0 Å². The van der Waals surface area contributed by atoms with Crippen molar-refractivity contribution >= 4 is 0 Å². The Hall–Kier alpha value is -0.0400. The van der Waals surface area contributed by atoms with Gasteiger partial charge in [-0.05, 0) is 56.4 Å². The first kappa shape index (κ1) is 15.4. The van der Waals surface area contributed by atoms with E-state index in [0.717, 1.165) is 29.7 Å². The summed E-state index contributed by atoms with van der Waals surface area (Å²) in [5.74, 6) is 3.94. The van der Waals surface area contributed by atoms with Gasteiger partial charge in [0.2, 0.25) is 0 Å². The molecule has 1 N–H and O–H groups in total. The molecule has 1 heteroatoms. The van der Waals surface area contributed by atoms with E-state index in [9.17, 15) is 0 Å². The lowest BCUT2D eigenvalue weighted by atomic mass is 9.69. The highest BCUT2D eigenvalue weighted by atomic mass is 14.9. The SMILES string of the molecule is CCCC1CCC(C(NC)C2CCCC(C)C2)CC1. The molecule has 0 spiro atoms. The zero-order valence-corrected chi connectivity index (χ0v) is 13.5. The molecule has 2 aliphatic carbocycles. The van der Waals surface area contributed by atoms with E-state index in [1.807, 2.05) is 0 Å². The van der Waals surface area contributed by atoms with E-state index < -0.39 is 0 Å². The largest absolute Gasteiger partial charge is 0.316 e. The fourth-order valence-electron chi connectivity index (χ4n) is 4.91. The first-order chi connectivity index (χ1) is 9.24. The molecule has 0 amide bonds. The molecule has 3 unspecified atom stereocenters. The van der Waals surface area contributed by atoms with Gasteiger partial charge in [0, 0.05) is 6.04 Å². The number of rotatable bonds is 5. The average Bonchev–Trinajstić information content (AvgIpc) is 2.42. The normalized spacial score (nSPS) is 38.1. The molecule has 0 aliphatic heterocycles. The summed E-state index contributed by atoms with van der Waals surface area (Å²) < 4.78 is 0. The van der Waals surface area contributed by atoms with E-state index in [-0.39, 0.29) is 0 Å². The van der Waals surface area contributed by atoms with Crippen molar-refractivity contribution in [3.05, 3.63) is 0 Å². The number of nitrogens with one attached hydrogen (secondary N) is 1. The summed E-state index contributed by atoms with van der Waals surface area (Å²) in [5, 5.41) is 3.71. The number of hydrogen-bond donors (Lipinski definition) is 1. The van der Waals surface area contributed by atoms with Crippen molar-refractivity contribution in [1.82, 2.24) is 5.32 Å². The van der Waals surface area contributed by atoms with Gasteiger partial charge in [0.05, 0.1) is 0 Å². The van der Waals surface area contributed by atoms with Crippen LogP contribution in [0.25, 0.3) is 0 Å². The van der Waals surface area contributed by atoms with Crippen molar-refractivity contribution in [1.29, 1.82) is 0 Å². The second-order valence-corrected chi connectivity index (χ2v) is 7.42. The third-order valence-corrected chi connectivity index (χ3v) is 5.91. The molecule has 3 atom stereocenters.